The Hall–Kier alpha value is -2.88. The summed E-state index contributed by atoms with van der Waals surface area (Å²) in [7, 11) is 1.68. The Morgan fingerprint density at radius 1 is 1.35 bits per heavy atom. The first-order valence-corrected chi connectivity index (χ1v) is 11.4. The van der Waals surface area contributed by atoms with E-state index >= 15 is 0 Å². The second kappa shape index (κ2) is 6.81. The molecule has 31 heavy (non-hydrogen) atoms. The van der Waals surface area contributed by atoms with Gasteiger partial charge >= 0.3 is 5.69 Å². The van der Waals surface area contributed by atoms with Crippen molar-refractivity contribution in [2.24, 2.45) is 18.4 Å². The predicted octanol–water partition coefficient (Wildman–Crippen LogP) is 4.50. The van der Waals surface area contributed by atoms with E-state index in [1.807, 2.05) is 0 Å². The highest BCUT2D eigenvalue weighted by molar-refractivity contribution is 7.19. The molecule has 0 aromatic carbocycles. The van der Waals surface area contributed by atoms with Crippen LogP contribution in [0.15, 0.2) is 6.33 Å². The Bertz CT molecular complexity index is 1350. The van der Waals surface area contributed by atoms with Crippen LogP contribution >= 0.6 is 11.3 Å². The molecule has 4 heterocycles. The van der Waals surface area contributed by atoms with Gasteiger partial charge in [0.15, 0.2) is 11.3 Å². The van der Waals surface area contributed by atoms with Gasteiger partial charge in [-0.05, 0) is 43.1 Å². The normalized spacial score (nSPS) is 16.9. The van der Waals surface area contributed by atoms with Gasteiger partial charge in [-0.15, -0.1) is 16.4 Å². The van der Waals surface area contributed by atoms with Gasteiger partial charge < -0.3 is 0 Å². The molecule has 0 aliphatic heterocycles. The summed E-state index contributed by atoms with van der Waals surface area (Å²) in [6, 6.07) is 0. The molecule has 0 bridgehead atoms. The van der Waals surface area contributed by atoms with Crippen molar-refractivity contribution in [1.29, 1.82) is 0 Å². The maximum absolute atomic E-state index is 11.6. The second-order valence-electron chi connectivity index (χ2n) is 9.08. The zero-order valence-corrected chi connectivity index (χ0v) is 19.2. The minimum Gasteiger partial charge on any atom is -0.258 e. The summed E-state index contributed by atoms with van der Waals surface area (Å²) in [5, 5.41) is 21.4. The summed E-state index contributed by atoms with van der Waals surface area (Å²) in [5.74, 6) is 0.951. The Morgan fingerprint density at radius 2 is 2.13 bits per heavy atom. The van der Waals surface area contributed by atoms with Crippen molar-refractivity contribution in [1.82, 2.24) is 29.4 Å². The monoisotopic (exact) mass is 439 g/mol. The lowest BCUT2D eigenvalue weighted by Gasteiger charge is -2.36. The van der Waals surface area contributed by atoms with Crippen LogP contribution in [-0.4, -0.2) is 34.3 Å². The number of fused-ring (bicyclic) bond motifs is 5. The molecule has 1 aliphatic carbocycles. The number of nitrogens with zero attached hydrogens (tertiary/aromatic N) is 7. The van der Waals surface area contributed by atoms with Crippen molar-refractivity contribution in [2.45, 2.75) is 53.4 Å². The number of aromatic nitrogens is 6. The van der Waals surface area contributed by atoms with Crippen molar-refractivity contribution in [3.63, 3.8) is 0 Å². The van der Waals surface area contributed by atoms with E-state index < -0.39 is 4.92 Å². The van der Waals surface area contributed by atoms with Gasteiger partial charge in [0, 0.05) is 11.9 Å². The molecule has 5 rings (SSSR count). The first-order chi connectivity index (χ1) is 14.7. The Morgan fingerprint density at radius 3 is 2.84 bits per heavy atom. The number of rotatable bonds is 4. The standard InChI is InChI=1S/C21H25N7O2S/c1-6-21(3,4)12-7-8-13-14(9-12)31-20-15(13)19-23-18(25-27(19)10-22-20)17-16(28(29)30)11(2)24-26(17)5/h10,12H,6-9H2,1-5H3/t12-/m1/s1. The zero-order chi connectivity index (χ0) is 22.1. The predicted molar refractivity (Wildman–Crippen MR) is 119 cm³/mol. The van der Waals surface area contributed by atoms with Crippen molar-refractivity contribution in [3.05, 3.63) is 32.6 Å². The maximum atomic E-state index is 11.6. The summed E-state index contributed by atoms with van der Waals surface area (Å²) >= 11 is 1.75. The van der Waals surface area contributed by atoms with Gasteiger partial charge in [-0.3, -0.25) is 14.8 Å². The van der Waals surface area contributed by atoms with Crippen LogP contribution in [0.5, 0.6) is 0 Å². The van der Waals surface area contributed by atoms with Crippen molar-refractivity contribution >= 4 is 32.9 Å². The van der Waals surface area contributed by atoms with Crippen LogP contribution in [0.4, 0.5) is 5.69 Å². The average molecular weight is 440 g/mol. The molecule has 0 spiro atoms. The molecular formula is C21H25N7O2S. The van der Waals surface area contributed by atoms with Crippen LogP contribution in [0.2, 0.25) is 0 Å². The lowest BCUT2D eigenvalue weighted by Crippen LogP contribution is -2.28. The molecular weight excluding hydrogens is 414 g/mol. The first-order valence-electron chi connectivity index (χ1n) is 10.5. The summed E-state index contributed by atoms with van der Waals surface area (Å²) < 4.78 is 3.12. The summed E-state index contributed by atoms with van der Waals surface area (Å²) in [6.07, 6.45) is 6.03. The highest BCUT2D eigenvalue weighted by Gasteiger charge is 2.34. The van der Waals surface area contributed by atoms with Crippen LogP contribution in [0.25, 0.3) is 27.4 Å². The number of aryl methyl sites for hydroxylation is 3. The van der Waals surface area contributed by atoms with Gasteiger partial charge in [0.2, 0.25) is 5.82 Å². The molecule has 0 fully saturated rings. The maximum Gasteiger partial charge on any atom is 0.321 e. The molecule has 4 aromatic rings. The lowest BCUT2D eigenvalue weighted by atomic mass is 9.70. The van der Waals surface area contributed by atoms with Gasteiger partial charge in [-0.2, -0.15) is 5.10 Å². The zero-order valence-electron chi connectivity index (χ0n) is 18.3. The fraction of sp³-hybridized carbons (Fsp3) is 0.524. The highest BCUT2D eigenvalue weighted by atomic mass is 32.1. The second-order valence-corrected chi connectivity index (χ2v) is 10.2. The van der Waals surface area contributed by atoms with Crippen LogP contribution < -0.4 is 0 Å². The average Bonchev–Trinajstić information content (AvgIpc) is 3.38. The van der Waals surface area contributed by atoms with E-state index in [-0.39, 0.29) is 5.69 Å². The number of thiophene rings is 1. The van der Waals surface area contributed by atoms with Crippen molar-refractivity contribution < 1.29 is 4.92 Å². The summed E-state index contributed by atoms with van der Waals surface area (Å²) in [6.45, 7) is 8.61. The molecule has 0 saturated carbocycles. The number of nitro groups is 1. The van der Waals surface area contributed by atoms with Crippen LogP contribution in [-0.2, 0) is 19.9 Å². The third-order valence-corrected chi connectivity index (χ3v) is 8.15. The van der Waals surface area contributed by atoms with Gasteiger partial charge in [-0.25, -0.2) is 14.5 Å². The molecule has 4 aromatic heterocycles. The Kier molecular flexibility index (Phi) is 4.40. The van der Waals surface area contributed by atoms with Crippen LogP contribution in [0, 0.1) is 28.4 Å². The fourth-order valence-electron chi connectivity index (χ4n) is 4.75. The van der Waals surface area contributed by atoms with E-state index in [9.17, 15) is 10.1 Å². The lowest BCUT2D eigenvalue weighted by molar-refractivity contribution is -0.384. The molecule has 0 saturated heterocycles. The van der Waals surface area contributed by atoms with E-state index in [1.54, 1.807) is 36.2 Å². The molecule has 0 radical (unpaired) electrons. The van der Waals surface area contributed by atoms with Gasteiger partial charge in [0.05, 0.1) is 10.3 Å². The van der Waals surface area contributed by atoms with E-state index in [2.05, 4.69) is 36.0 Å². The molecule has 162 valence electrons. The van der Waals surface area contributed by atoms with E-state index in [0.29, 0.717) is 34.2 Å². The van der Waals surface area contributed by atoms with Gasteiger partial charge in [0.25, 0.3) is 0 Å². The largest absolute Gasteiger partial charge is 0.321 e. The molecule has 9 nitrogen and oxygen atoms in total. The topological polar surface area (TPSA) is 104 Å². The van der Waals surface area contributed by atoms with E-state index in [1.165, 1.54) is 15.1 Å². The quantitative estimate of drug-likeness (QED) is 0.343. The Labute approximate surface area is 183 Å². The molecule has 1 atom stereocenters. The molecule has 10 heteroatoms. The molecule has 1 aliphatic rings. The van der Waals surface area contributed by atoms with Crippen LogP contribution in [0.1, 0.15) is 49.7 Å². The number of hydrogen-bond donors (Lipinski definition) is 0. The minimum absolute atomic E-state index is 0.0559. The van der Waals surface area contributed by atoms with Crippen LogP contribution in [0.3, 0.4) is 0 Å². The fourth-order valence-corrected chi connectivity index (χ4v) is 6.01. The first kappa shape index (κ1) is 20.0. The Balaban J connectivity index is 1.67. The molecule has 0 amide bonds. The smallest absolute Gasteiger partial charge is 0.258 e. The van der Waals surface area contributed by atoms with Crippen molar-refractivity contribution in [2.75, 3.05) is 0 Å². The van der Waals surface area contributed by atoms with E-state index in [4.69, 9.17) is 4.98 Å². The molecule has 0 unspecified atom stereocenters. The third kappa shape index (κ3) is 2.95. The SMILES string of the molecule is CCC(C)(C)[C@@H]1CCc2c(sc3ncn4nc(-c5c([N+](=O)[O-])c(C)nn5C)nc4c23)C1. The summed E-state index contributed by atoms with van der Waals surface area (Å²) in [5.41, 5.74) is 2.94. The highest BCUT2D eigenvalue weighted by Crippen LogP contribution is 2.45. The van der Waals surface area contributed by atoms with Gasteiger partial charge in [0.1, 0.15) is 16.9 Å². The van der Waals surface area contributed by atoms with E-state index in [0.717, 1.165) is 35.9 Å². The molecule has 0 N–H and O–H groups in total. The number of hydrogen-bond acceptors (Lipinski definition) is 7. The summed E-state index contributed by atoms with van der Waals surface area (Å²) in [4.78, 5) is 22.9. The van der Waals surface area contributed by atoms with Gasteiger partial charge in [-0.1, -0.05) is 27.2 Å². The minimum atomic E-state index is -0.417. The third-order valence-electron chi connectivity index (χ3n) is 6.99. The van der Waals surface area contributed by atoms with Crippen molar-refractivity contribution in [3.8, 4) is 11.5 Å².